The number of ether oxygens (including phenoxy) is 1. The molecule has 0 bridgehead atoms. The van der Waals surface area contributed by atoms with Gasteiger partial charge in [-0.3, -0.25) is 9.59 Å². The van der Waals surface area contributed by atoms with Crippen LogP contribution in [0.15, 0.2) is 0 Å². The summed E-state index contributed by atoms with van der Waals surface area (Å²) in [5.41, 5.74) is -0.429. The molecule has 0 aromatic heterocycles. The van der Waals surface area contributed by atoms with Crippen LogP contribution in [0.2, 0.25) is 0 Å². The van der Waals surface area contributed by atoms with Gasteiger partial charge in [0.05, 0.1) is 18.4 Å². The van der Waals surface area contributed by atoms with Crippen LogP contribution >= 0.6 is 0 Å². The first-order valence-electron chi connectivity index (χ1n) is 5.51. The number of carbonyl (C=O) groups excluding carboxylic acids is 1. The summed E-state index contributed by atoms with van der Waals surface area (Å²) < 4.78 is 5.08. The molecule has 1 rings (SSSR count). The van der Waals surface area contributed by atoms with Crippen molar-refractivity contribution in [2.24, 2.45) is 17.3 Å². The lowest BCUT2D eigenvalue weighted by Gasteiger charge is -2.05. The van der Waals surface area contributed by atoms with Crippen molar-refractivity contribution in [1.82, 2.24) is 5.32 Å². The molecule has 5 heteroatoms. The fourth-order valence-corrected chi connectivity index (χ4v) is 2.09. The van der Waals surface area contributed by atoms with Crippen LogP contribution in [0, 0.1) is 17.3 Å². The summed E-state index contributed by atoms with van der Waals surface area (Å²) in [6.07, 6.45) is 0. The minimum absolute atomic E-state index is 0.183. The molecule has 16 heavy (non-hydrogen) atoms. The zero-order chi connectivity index (χ0) is 12.3. The van der Waals surface area contributed by atoms with Gasteiger partial charge < -0.3 is 15.2 Å². The molecule has 0 spiro atoms. The number of hydrogen-bond acceptors (Lipinski definition) is 3. The van der Waals surface area contributed by atoms with Crippen LogP contribution in [0.1, 0.15) is 20.8 Å². The first kappa shape index (κ1) is 13.0. The van der Waals surface area contributed by atoms with E-state index in [9.17, 15) is 9.59 Å². The summed E-state index contributed by atoms with van der Waals surface area (Å²) in [7, 11) is 0. The van der Waals surface area contributed by atoms with Gasteiger partial charge >= 0.3 is 5.97 Å². The van der Waals surface area contributed by atoms with E-state index >= 15 is 0 Å². The number of carboxylic acids is 1. The molecule has 0 aromatic carbocycles. The predicted octanol–water partition coefficient (Wildman–Crippen LogP) is 0.496. The van der Waals surface area contributed by atoms with Crippen LogP contribution in [0.4, 0.5) is 0 Å². The van der Waals surface area contributed by atoms with Gasteiger partial charge in [0.15, 0.2) is 0 Å². The van der Waals surface area contributed by atoms with Gasteiger partial charge in [-0.15, -0.1) is 0 Å². The smallest absolute Gasteiger partial charge is 0.307 e. The second-order valence-corrected chi connectivity index (χ2v) is 4.60. The van der Waals surface area contributed by atoms with Gasteiger partial charge in [-0.25, -0.2) is 0 Å². The first-order valence-corrected chi connectivity index (χ1v) is 5.51. The van der Waals surface area contributed by atoms with E-state index in [2.05, 4.69) is 5.32 Å². The molecule has 1 aliphatic carbocycles. The van der Waals surface area contributed by atoms with E-state index in [1.54, 1.807) is 13.8 Å². The highest BCUT2D eigenvalue weighted by Gasteiger charge is 2.65. The van der Waals surface area contributed by atoms with Gasteiger partial charge in [-0.2, -0.15) is 0 Å². The third-order valence-corrected chi connectivity index (χ3v) is 3.13. The second kappa shape index (κ2) is 4.82. The average Bonchev–Trinajstić information content (AvgIpc) is 2.76. The van der Waals surface area contributed by atoms with Crippen molar-refractivity contribution >= 4 is 11.9 Å². The molecular weight excluding hydrogens is 210 g/mol. The Labute approximate surface area is 95.2 Å². The fraction of sp³-hybridized carbons (Fsp3) is 0.818. The lowest BCUT2D eigenvalue weighted by atomic mass is 10.1. The number of carbonyl (C=O) groups is 2. The summed E-state index contributed by atoms with van der Waals surface area (Å²) in [6, 6.07) is 0. The van der Waals surface area contributed by atoms with Gasteiger partial charge in [-0.05, 0) is 12.3 Å². The maximum absolute atomic E-state index is 11.7. The number of aliphatic carboxylic acids is 1. The van der Waals surface area contributed by atoms with Crippen molar-refractivity contribution < 1.29 is 19.4 Å². The van der Waals surface area contributed by atoms with Gasteiger partial charge in [0, 0.05) is 13.2 Å². The monoisotopic (exact) mass is 229 g/mol. The van der Waals surface area contributed by atoms with E-state index in [-0.39, 0.29) is 5.91 Å². The topological polar surface area (TPSA) is 75.6 Å². The molecule has 0 unspecified atom stereocenters. The number of amides is 1. The van der Waals surface area contributed by atoms with Crippen LogP contribution in [0.5, 0.6) is 0 Å². The van der Waals surface area contributed by atoms with Crippen LogP contribution in [0.3, 0.4) is 0 Å². The Bertz CT molecular complexity index is 288. The standard InChI is InChI=1S/C11H19NO4/c1-4-16-6-5-12-9(13)7-8(10(14)15)11(7,2)3/h7-8H,4-6H2,1-3H3,(H,12,13)(H,14,15)/t7-,8+/m1/s1. The molecule has 1 saturated carbocycles. The summed E-state index contributed by atoms with van der Waals surface area (Å²) >= 11 is 0. The minimum atomic E-state index is -0.894. The zero-order valence-corrected chi connectivity index (χ0v) is 9.95. The molecule has 92 valence electrons. The van der Waals surface area contributed by atoms with Crippen LogP contribution < -0.4 is 5.32 Å². The summed E-state index contributed by atoms with van der Waals surface area (Å²) in [5.74, 6) is -2.04. The second-order valence-electron chi connectivity index (χ2n) is 4.60. The Morgan fingerprint density at radius 2 is 2.00 bits per heavy atom. The summed E-state index contributed by atoms with van der Waals surface area (Å²) in [4.78, 5) is 22.5. The van der Waals surface area contributed by atoms with Crippen molar-refractivity contribution in [3.63, 3.8) is 0 Å². The third kappa shape index (κ3) is 2.52. The highest BCUT2D eigenvalue weighted by atomic mass is 16.5. The van der Waals surface area contributed by atoms with Crippen molar-refractivity contribution in [3.8, 4) is 0 Å². The molecule has 0 aliphatic heterocycles. The van der Waals surface area contributed by atoms with E-state index in [1.165, 1.54) is 0 Å². The van der Waals surface area contributed by atoms with E-state index in [4.69, 9.17) is 9.84 Å². The summed E-state index contributed by atoms with van der Waals surface area (Å²) in [5, 5.41) is 11.6. The van der Waals surface area contributed by atoms with Gasteiger partial charge in [0.1, 0.15) is 0 Å². The van der Waals surface area contributed by atoms with Gasteiger partial charge in [0.25, 0.3) is 0 Å². The average molecular weight is 229 g/mol. The van der Waals surface area contributed by atoms with E-state index in [1.807, 2.05) is 6.92 Å². The minimum Gasteiger partial charge on any atom is -0.481 e. The molecule has 1 aliphatic rings. The number of rotatable bonds is 6. The van der Waals surface area contributed by atoms with E-state index in [0.29, 0.717) is 19.8 Å². The van der Waals surface area contributed by atoms with Crippen LogP contribution in [-0.4, -0.2) is 36.7 Å². The molecular formula is C11H19NO4. The van der Waals surface area contributed by atoms with Crippen LogP contribution in [0.25, 0.3) is 0 Å². The number of nitrogens with one attached hydrogen (secondary N) is 1. The maximum Gasteiger partial charge on any atom is 0.307 e. The third-order valence-electron chi connectivity index (χ3n) is 3.13. The zero-order valence-electron chi connectivity index (χ0n) is 9.95. The molecule has 2 atom stereocenters. The van der Waals surface area contributed by atoms with E-state index in [0.717, 1.165) is 0 Å². The molecule has 5 nitrogen and oxygen atoms in total. The number of carboxylic acid groups (broad SMARTS) is 1. The molecule has 1 fully saturated rings. The SMILES string of the molecule is CCOCCNC(=O)[C@H]1[C@@H](C(=O)O)C1(C)C. The largest absolute Gasteiger partial charge is 0.481 e. The van der Waals surface area contributed by atoms with Crippen molar-refractivity contribution in [2.75, 3.05) is 19.8 Å². The highest BCUT2D eigenvalue weighted by Crippen LogP contribution is 2.58. The molecule has 0 aromatic rings. The molecule has 0 saturated heterocycles. The van der Waals surface area contributed by atoms with Crippen molar-refractivity contribution in [2.45, 2.75) is 20.8 Å². The highest BCUT2D eigenvalue weighted by molar-refractivity contribution is 5.91. The fourth-order valence-electron chi connectivity index (χ4n) is 2.09. The van der Waals surface area contributed by atoms with E-state index < -0.39 is 23.2 Å². The molecule has 0 heterocycles. The Morgan fingerprint density at radius 1 is 1.38 bits per heavy atom. The van der Waals surface area contributed by atoms with Crippen molar-refractivity contribution in [3.05, 3.63) is 0 Å². The van der Waals surface area contributed by atoms with Gasteiger partial charge in [0.2, 0.25) is 5.91 Å². The molecule has 0 radical (unpaired) electrons. The van der Waals surface area contributed by atoms with Crippen molar-refractivity contribution in [1.29, 1.82) is 0 Å². The number of hydrogen-bond donors (Lipinski definition) is 2. The van der Waals surface area contributed by atoms with Crippen LogP contribution in [-0.2, 0) is 14.3 Å². The Morgan fingerprint density at radius 3 is 2.44 bits per heavy atom. The predicted molar refractivity (Wildman–Crippen MR) is 57.9 cm³/mol. The Balaban J connectivity index is 2.36. The normalized spacial score (nSPS) is 26.2. The lowest BCUT2D eigenvalue weighted by molar-refractivity contribution is -0.140. The Hall–Kier alpha value is -1.10. The maximum atomic E-state index is 11.7. The molecule has 1 amide bonds. The van der Waals surface area contributed by atoms with Gasteiger partial charge in [-0.1, -0.05) is 13.8 Å². The quantitative estimate of drug-likeness (QED) is 0.650. The Kier molecular flexibility index (Phi) is 3.91. The first-order chi connectivity index (χ1) is 7.42. The molecule has 2 N–H and O–H groups in total. The lowest BCUT2D eigenvalue weighted by Crippen LogP contribution is -2.30. The summed E-state index contributed by atoms with van der Waals surface area (Å²) in [6.45, 7) is 7.00.